The Morgan fingerprint density at radius 2 is 2.27 bits per heavy atom. The SMILES string of the molecule is CCCCC(=O)c1cccc(C#N)c1O. The number of benzene rings is 1. The number of phenols is 1. The molecule has 0 aromatic heterocycles. The molecule has 0 saturated carbocycles. The predicted octanol–water partition coefficient (Wildman–Crippen LogP) is 2.64. The number of unbranched alkanes of at least 4 members (excludes halogenated alkanes) is 1. The standard InChI is InChI=1S/C12H13NO2/c1-2-3-7-11(14)10-6-4-5-9(8-13)12(10)15/h4-6,15H,2-3,7H2,1H3. The Morgan fingerprint density at radius 1 is 1.53 bits per heavy atom. The highest BCUT2D eigenvalue weighted by Gasteiger charge is 2.12. The Kier molecular flexibility index (Phi) is 3.87. The summed E-state index contributed by atoms with van der Waals surface area (Å²) < 4.78 is 0. The number of rotatable bonds is 4. The molecule has 0 fully saturated rings. The van der Waals surface area contributed by atoms with Gasteiger partial charge in [0, 0.05) is 6.42 Å². The molecular formula is C12H13NO2. The van der Waals surface area contributed by atoms with Crippen molar-refractivity contribution >= 4 is 5.78 Å². The minimum Gasteiger partial charge on any atom is -0.506 e. The fraction of sp³-hybridized carbons (Fsp3) is 0.333. The fourth-order valence-corrected chi connectivity index (χ4v) is 1.33. The number of nitriles is 1. The molecule has 1 N–H and O–H groups in total. The summed E-state index contributed by atoms with van der Waals surface area (Å²) in [6.07, 6.45) is 2.15. The monoisotopic (exact) mass is 203 g/mol. The van der Waals surface area contributed by atoms with E-state index in [2.05, 4.69) is 0 Å². The lowest BCUT2D eigenvalue weighted by molar-refractivity contribution is 0.0977. The summed E-state index contributed by atoms with van der Waals surface area (Å²) in [4.78, 5) is 11.6. The summed E-state index contributed by atoms with van der Waals surface area (Å²) in [6, 6.07) is 6.49. The number of ketones is 1. The van der Waals surface area contributed by atoms with Crippen LogP contribution in [0.4, 0.5) is 0 Å². The van der Waals surface area contributed by atoms with Crippen LogP contribution >= 0.6 is 0 Å². The largest absolute Gasteiger partial charge is 0.506 e. The van der Waals surface area contributed by atoms with Crippen LogP contribution in [0.1, 0.15) is 42.1 Å². The van der Waals surface area contributed by atoms with E-state index in [1.807, 2.05) is 13.0 Å². The molecule has 0 bridgehead atoms. The van der Waals surface area contributed by atoms with Crippen molar-refractivity contribution in [2.45, 2.75) is 26.2 Å². The molecule has 0 amide bonds. The molecule has 0 aliphatic carbocycles. The Hall–Kier alpha value is -1.82. The second-order valence-corrected chi connectivity index (χ2v) is 3.34. The summed E-state index contributed by atoms with van der Waals surface area (Å²) in [5.41, 5.74) is 0.403. The minimum absolute atomic E-state index is 0.105. The van der Waals surface area contributed by atoms with Gasteiger partial charge < -0.3 is 5.11 Å². The molecule has 0 aliphatic heterocycles. The average Bonchev–Trinajstić information content (AvgIpc) is 2.26. The van der Waals surface area contributed by atoms with Crippen molar-refractivity contribution in [3.8, 4) is 11.8 Å². The quantitative estimate of drug-likeness (QED) is 0.765. The van der Waals surface area contributed by atoms with Crippen LogP contribution in [0.3, 0.4) is 0 Å². The molecule has 0 heterocycles. The molecule has 1 rings (SSSR count). The van der Waals surface area contributed by atoms with Gasteiger partial charge in [0.15, 0.2) is 5.78 Å². The van der Waals surface area contributed by atoms with Crippen molar-refractivity contribution in [3.63, 3.8) is 0 Å². The molecule has 78 valence electrons. The highest BCUT2D eigenvalue weighted by Crippen LogP contribution is 2.23. The van der Waals surface area contributed by atoms with Gasteiger partial charge in [-0.05, 0) is 18.6 Å². The number of para-hydroxylation sites is 1. The number of carbonyl (C=O) groups is 1. The zero-order valence-electron chi connectivity index (χ0n) is 8.66. The smallest absolute Gasteiger partial charge is 0.166 e. The molecule has 0 atom stereocenters. The Labute approximate surface area is 89.0 Å². The molecule has 0 radical (unpaired) electrons. The minimum atomic E-state index is -0.193. The molecule has 15 heavy (non-hydrogen) atoms. The van der Waals surface area contributed by atoms with Crippen molar-refractivity contribution in [1.82, 2.24) is 0 Å². The normalized spacial score (nSPS) is 9.60. The van der Waals surface area contributed by atoms with E-state index in [0.29, 0.717) is 6.42 Å². The Bertz CT molecular complexity index is 405. The molecule has 1 aromatic rings. The first kappa shape index (κ1) is 11.3. The maximum atomic E-state index is 11.6. The number of hydrogen-bond donors (Lipinski definition) is 1. The summed E-state index contributed by atoms with van der Waals surface area (Å²) in [6.45, 7) is 2.00. The lowest BCUT2D eigenvalue weighted by atomic mass is 10.0. The molecule has 0 unspecified atom stereocenters. The van der Waals surface area contributed by atoms with E-state index in [9.17, 15) is 9.90 Å². The van der Waals surface area contributed by atoms with E-state index < -0.39 is 0 Å². The van der Waals surface area contributed by atoms with Crippen molar-refractivity contribution in [2.75, 3.05) is 0 Å². The van der Waals surface area contributed by atoms with Gasteiger partial charge in [0.1, 0.15) is 11.8 Å². The van der Waals surface area contributed by atoms with E-state index in [4.69, 9.17) is 5.26 Å². The highest BCUT2D eigenvalue weighted by atomic mass is 16.3. The summed E-state index contributed by atoms with van der Waals surface area (Å²) in [5.74, 6) is -0.299. The third-order valence-corrected chi connectivity index (χ3v) is 2.21. The second-order valence-electron chi connectivity index (χ2n) is 3.34. The van der Waals surface area contributed by atoms with Crippen molar-refractivity contribution in [1.29, 1.82) is 5.26 Å². The van der Waals surface area contributed by atoms with E-state index in [1.54, 1.807) is 12.1 Å². The third kappa shape index (κ3) is 2.57. The van der Waals surface area contributed by atoms with Gasteiger partial charge >= 0.3 is 0 Å². The van der Waals surface area contributed by atoms with Crippen molar-refractivity contribution < 1.29 is 9.90 Å². The average molecular weight is 203 g/mol. The number of nitrogens with zero attached hydrogens (tertiary/aromatic N) is 1. The van der Waals surface area contributed by atoms with E-state index in [1.165, 1.54) is 6.07 Å². The Morgan fingerprint density at radius 3 is 2.87 bits per heavy atom. The van der Waals surface area contributed by atoms with Crippen LogP contribution in [0.25, 0.3) is 0 Å². The lowest BCUT2D eigenvalue weighted by Crippen LogP contribution is -2.00. The maximum Gasteiger partial charge on any atom is 0.166 e. The first-order valence-electron chi connectivity index (χ1n) is 4.96. The van der Waals surface area contributed by atoms with Gasteiger partial charge in [-0.25, -0.2) is 0 Å². The van der Waals surface area contributed by atoms with Gasteiger partial charge in [-0.15, -0.1) is 0 Å². The van der Waals surface area contributed by atoms with E-state index >= 15 is 0 Å². The first-order chi connectivity index (χ1) is 7.20. The van der Waals surface area contributed by atoms with Crippen LogP contribution in [0.5, 0.6) is 5.75 Å². The second kappa shape index (κ2) is 5.16. The molecule has 0 saturated heterocycles. The Balaban J connectivity index is 2.95. The topological polar surface area (TPSA) is 61.1 Å². The lowest BCUT2D eigenvalue weighted by Gasteiger charge is -2.03. The van der Waals surface area contributed by atoms with Crippen LogP contribution in [0.15, 0.2) is 18.2 Å². The number of hydrogen-bond acceptors (Lipinski definition) is 3. The summed E-state index contributed by atoms with van der Waals surface area (Å²) in [7, 11) is 0. The third-order valence-electron chi connectivity index (χ3n) is 2.21. The fourth-order valence-electron chi connectivity index (χ4n) is 1.33. The summed E-state index contributed by atoms with van der Waals surface area (Å²) in [5, 5.41) is 18.3. The first-order valence-corrected chi connectivity index (χ1v) is 4.96. The van der Waals surface area contributed by atoms with Crippen LogP contribution in [-0.4, -0.2) is 10.9 Å². The van der Waals surface area contributed by atoms with Crippen LogP contribution < -0.4 is 0 Å². The molecule has 0 aliphatic rings. The van der Waals surface area contributed by atoms with Gasteiger partial charge in [-0.3, -0.25) is 4.79 Å². The van der Waals surface area contributed by atoms with Crippen molar-refractivity contribution in [3.05, 3.63) is 29.3 Å². The number of carbonyl (C=O) groups excluding carboxylic acids is 1. The zero-order valence-corrected chi connectivity index (χ0v) is 8.66. The van der Waals surface area contributed by atoms with Gasteiger partial charge in [0.05, 0.1) is 11.1 Å². The predicted molar refractivity (Wildman–Crippen MR) is 56.7 cm³/mol. The molecule has 3 nitrogen and oxygen atoms in total. The van der Waals surface area contributed by atoms with E-state index in [-0.39, 0.29) is 22.7 Å². The highest BCUT2D eigenvalue weighted by molar-refractivity contribution is 5.99. The van der Waals surface area contributed by atoms with Gasteiger partial charge in [-0.2, -0.15) is 5.26 Å². The number of Topliss-reactive ketones (excluding diaryl/α,β-unsaturated/α-hetero) is 1. The molecule has 0 spiro atoms. The van der Waals surface area contributed by atoms with Gasteiger partial charge in [-0.1, -0.05) is 19.4 Å². The number of aromatic hydroxyl groups is 1. The van der Waals surface area contributed by atoms with Crippen LogP contribution in [-0.2, 0) is 0 Å². The molecular weight excluding hydrogens is 190 g/mol. The summed E-state index contributed by atoms with van der Waals surface area (Å²) >= 11 is 0. The van der Waals surface area contributed by atoms with Crippen LogP contribution in [0.2, 0.25) is 0 Å². The van der Waals surface area contributed by atoms with Gasteiger partial charge in [0.2, 0.25) is 0 Å². The maximum absolute atomic E-state index is 11.6. The molecule has 1 aromatic carbocycles. The number of phenolic OH excluding ortho intramolecular Hbond substituents is 1. The van der Waals surface area contributed by atoms with Gasteiger partial charge in [0.25, 0.3) is 0 Å². The van der Waals surface area contributed by atoms with Crippen molar-refractivity contribution in [2.24, 2.45) is 0 Å². The van der Waals surface area contributed by atoms with Crippen LogP contribution in [0, 0.1) is 11.3 Å². The molecule has 3 heteroatoms. The van der Waals surface area contributed by atoms with E-state index in [0.717, 1.165) is 12.8 Å². The zero-order chi connectivity index (χ0) is 11.3.